The first-order valence-electron chi connectivity index (χ1n) is 5.77. The maximum Gasteiger partial charge on any atom is 0.184 e. The van der Waals surface area contributed by atoms with Crippen LogP contribution in [0.5, 0.6) is 11.5 Å². The van der Waals surface area contributed by atoms with E-state index < -0.39 is 0 Å². The van der Waals surface area contributed by atoms with E-state index in [1.54, 1.807) is 6.20 Å². The number of hydrogen-bond donors (Lipinski definition) is 1. The van der Waals surface area contributed by atoms with Crippen molar-refractivity contribution in [2.45, 2.75) is 27.3 Å². The summed E-state index contributed by atoms with van der Waals surface area (Å²) in [7, 11) is 0. The second-order valence-electron chi connectivity index (χ2n) is 3.23. The van der Waals surface area contributed by atoms with Gasteiger partial charge in [-0.3, -0.25) is 4.98 Å². The van der Waals surface area contributed by atoms with Crippen LogP contribution in [0.3, 0.4) is 0 Å². The van der Waals surface area contributed by atoms with Crippen LogP contribution in [0.1, 0.15) is 26.5 Å². The molecule has 0 spiro atoms. The summed E-state index contributed by atoms with van der Waals surface area (Å²) in [6, 6.07) is 1.84. The fourth-order valence-corrected chi connectivity index (χ4v) is 1.41. The molecule has 1 N–H and O–H groups in total. The van der Waals surface area contributed by atoms with Gasteiger partial charge in [-0.1, -0.05) is 6.92 Å². The Kier molecular flexibility index (Phi) is 5.64. The van der Waals surface area contributed by atoms with Gasteiger partial charge in [-0.2, -0.15) is 0 Å². The van der Waals surface area contributed by atoms with Gasteiger partial charge in [-0.15, -0.1) is 0 Å². The zero-order valence-electron chi connectivity index (χ0n) is 10.2. The quantitative estimate of drug-likeness (QED) is 0.769. The van der Waals surface area contributed by atoms with Crippen molar-refractivity contribution < 1.29 is 9.47 Å². The topological polar surface area (TPSA) is 43.4 Å². The van der Waals surface area contributed by atoms with Crippen LogP contribution in [0.2, 0.25) is 0 Å². The maximum atomic E-state index is 5.59. The van der Waals surface area contributed by atoms with E-state index in [9.17, 15) is 0 Å². The lowest BCUT2D eigenvalue weighted by molar-refractivity contribution is 0.283. The van der Waals surface area contributed by atoms with Gasteiger partial charge in [0.15, 0.2) is 11.5 Å². The van der Waals surface area contributed by atoms with E-state index >= 15 is 0 Å². The second-order valence-corrected chi connectivity index (χ2v) is 3.23. The SMILES string of the molecule is CCNCc1nccc(OCC)c1OCC. The van der Waals surface area contributed by atoms with E-state index in [1.165, 1.54) is 0 Å². The summed E-state index contributed by atoms with van der Waals surface area (Å²) in [6.07, 6.45) is 1.75. The van der Waals surface area contributed by atoms with Crippen molar-refractivity contribution in [3.05, 3.63) is 18.0 Å². The number of nitrogens with zero attached hydrogens (tertiary/aromatic N) is 1. The first kappa shape index (κ1) is 12.8. The summed E-state index contributed by atoms with van der Waals surface area (Å²) >= 11 is 0. The van der Waals surface area contributed by atoms with Crippen molar-refractivity contribution in [1.82, 2.24) is 10.3 Å². The highest BCUT2D eigenvalue weighted by molar-refractivity contribution is 5.42. The third kappa shape index (κ3) is 3.38. The van der Waals surface area contributed by atoms with Gasteiger partial charge in [-0.25, -0.2) is 0 Å². The van der Waals surface area contributed by atoms with Crippen molar-refractivity contribution in [3.63, 3.8) is 0 Å². The third-order valence-electron chi connectivity index (χ3n) is 2.07. The molecule has 0 fully saturated rings. The number of ether oxygens (including phenoxy) is 2. The Hall–Kier alpha value is -1.29. The third-order valence-corrected chi connectivity index (χ3v) is 2.07. The Morgan fingerprint density at radius 1 is 1.19 bits per heavy atom. The molecule has 1 heterocycles. The van der Waals surface area contributed by atoms with Crippen LogP contribution in [0.15, 0.2) is 12.3 Å². The number of nitrogens with one attached hydrogen (secondary N) is 1. The molecule has 1 aromatic rings. The average molecular weight is 224 g/mol. The lowest BCUT2D eigenvalue weighted by Crippen LogP contribution is -2.14. The van der Waals surface area contributed by atoms with Crippen LogP contribution < -0.4 is 14.8 Å². The number of pyridine rings is 1. The highest BCUT2D eigenvalue weighted by Crippen LogP contribution is 2.29. The van der Waals surface area contributed by atoms with Crippen molar-refractivity contribution in [2.24, 2.45) is 0 Å². The van der Waals surface area contributed by atoms with Gasteiger partial charge in [0.2, 0.25) is 0 Å². The Morgan fingerprint density at radius 3 is 2.56 bits per heavy atom. The molecule has 4 nitrogen and oxygen atoms in total. The molecule has 0 amide bonds. The average Bonchev–Trinajstić information content (AvgIpc) is 2.30. The summed E-state index contributed by atoms with van der Waals surface area (Å²) in [5.74, 6) is 1.53. The number of aromatic nitrogens is 1. The molecule has 0 saturated heterocycles. The van der Waals surface area contributed by atoms with Crippen molar-refractivity contribution in [3.8, 4) is 11.5 Å². The molecule has 90 valence electrons. The zero-order chi connectivity index (χ0) is 11.8. The van der Waals surface area contributed by atoms with Gasteiger partial charge in [0, 0.05) is 18.8 Å². The fraction of sp³-hybridized carbons (Fsp3) is 0.583. The summed E-state index contributed by atoms with van der Waals surface area (Å²) in [6.45, 7) is 8.83. The molecule has 1 rings (SSSR count). The monoisotopic (exact) mass is 224 g/mol. The molecule has 0 aromatic carbocycles. The van der Waals surface area contributed by atoms with Crippen LogP contribution in [0.4, 0.5) is 0 Å². The van der Waals surface area contributed by atoms with Crippen molar-refractivity contribution >= 4 is 0 Å². The summed E-state index contributed by atoms with van der Waals surface area (Å²) in [5, 5.41) is 3.23. The van der Waals surface area contributed by atoms with Crippen molar-refractivity contribution in [1.29, 1.82) is 0 Å². The predicted octanol–water partition coefficient (Wildman–Crippen LogP) is 1.99. The minimum absolute atomic E-state index is 0.616. The minimum Gasteiger partial charge on any atom is -0.490 e. The normalized spacial score (nSPS) is 10.2. The van der Waals surface area contributed by atoms with Gasteiger partial charge < -0.3 is 14.8 Å². The maximum absolute atomic E-state index is 5.59. The summed E-state index contributed by atoms with van der Waals surface area (Å²) < 4.78 is 11.1. The molecule has 0 aliphatic carbocycles. The Balaban J connectivity index is 2.90. The molecule has 4 heteroatoms. The Morgan fingerprint density at radius 2 is 1.94 bits per heavy atom. The minimum atomic E-state index is 0.616. The molecule has 0 unspecified atom stereocenters. The van der Waals surface area contributed by atoms with E-state index in [-0.39, 0.29) is 0 Å². The Bertz CT molecular complexity index is 316. The molecule has 0 aliphatic heterocycles. The molecule has 1 aromatic heterocycles. The molecule has 0 radical (unpaired) electrons. The first-order chi connectivity index (χ1) is 7.83. The molecule has 0 saturated carbocycles. The van der Waals surface area contributed by atoms with Gasteiger partial charge in [0.05, 0.1) is 18.9 Å². The predicted molar refractivity (Wildman–Crippen MR) is 64.0 cm³/mol. The fourth-order valence-electron chi connectivity index (χ4n) is 1.41. The molecule has 0 atom stereocenters. The number of rotatable bonds is 7. The lowest BCUT2D eigenvalue weighted by atomic mass is 10.3. The van der Waals surface area contributed by atoms with Crippen LogP contribution >= 0.6 is 0 Å². The molecular weight excluding hydrogens is 204 g/mol. The highest BCUT2D eigenvalue weighted by atomic mass is 16.5. The molecule has 16 heavy (non-hydrogen) atoms. The smallest absolute Gasteiger partial charge is 0.184 e. The highest BCUT2D eigenvalue weighted by Gasteiger charge is 2.11. The van der Waals surface area contributed by atoms with E-state index in [2.05, 4.69) is 17.2 Å². The van der Waals surface area contributed by atoms with Gasteiger partial charge >= 0.3 is 0 Å². The van der Waals surface area contributed by atoms with Crippen LogP contribution in [0.25, 0.3) is 0 Å². The van der Waals surface area contributed by atoms with Crippen LogP contribution in [-0.4, -0.2) is 24.7 Å². The first-order valence-corrected chi connectivity index (χ1v) is 5.77. The number of hydrogen-bond acceptors (Lipinski definition) is 4. The van der Waals surface area contributed by atoms with Crippen LogP contribution in [0, 0.1) is 0 Å². The van der Waals surface area contributed by atoms with E-state index in [0.29, 0.717) is 19.8 Å². The van der Waals surface area contributed by atoms with Crippen LogP contribution in [-0.2, 0) is 6.54 Å². The molecule has 0 aliphatic rings. The van der Waals surface area contributed by atoms with Gasteiger partial charge in [-0.05, 0) is 20.4 Å². The summed E-state index contributed by atoms with van der Waals surface area (Å²) in [4.78, 5) is 4.31. The largest absolute Gasteiger partial charge is 0.490 e. The van der Waals surface area contributed by atoms with E-state index in [4.69, 9.17) is 9.47 Å². The second kappa shape index (κ2) is 7.06. The van der Waals surface area contributed by atoms with Crippen molar-refractivity contribution in [2.75, 3.05) is 19.8 Å². The van der Waals surface area contributed by atoms with E-state index in [0.717, 1.165) is 23.7 Å². The van der Waals surface area contributed by atoms with E-state index in [1.807, 2.05) is 19.9 Å². The molecule has 0 bridgehead atoms. The standard InChI is InChI=1S/C12H20N2O2/c1-4-13-9-10-12(16-6-3)11(15-5-2)7-8-14-10/h7-8,13H,4-6,9H2,1-3H3. The lowest BCUT2D eigenvalue weighted by Gasteiger charge is -2.14. The van der Waals surface area contributed by atoms with Gasteiger partial charge in [0.25, 0.3) is 0 Å². The Labute approximate surface area is 97.0 Å². The summed E-state index contributed by atoms with van der Waals surface area (Å²) in [5.41, 5.74) is 0.898. The zero-order valence-corrected chi connectivity index (χ0v) is 10.2. The van der Waals surface area contributed by atoms with Gasteiger partial charge in [0.1, 0.15) is 0 Å². The molecular formula is C12H20N2O2.